The van der Waals surface area contributed by atoms with E-state index in [1.54, 1.807) is 17.4 Å². The van der Waals surface area contributed by atoms with E-state index in [0.29, 0.717) is 12.1 Å². The Balaban J connectivity index is 2.10. The zero-order valence-electron chi connectivity index (χ0n) is 12.2. The molecule has 2 unspecified atom stereocenters. The van der Waals surface area contributed by atoms with E-state index in [4.69, 9.17) is 10.1 Å². The lowest BCUT2D eigenvalue weighted by Crippen LogP contribution is -2.34. The van der Waals surface area contributed by atoms with Gasteiger partial charge in [0.05, 0.1) is 5.69 Å². The van der Waals surface area contributed by atoms with Crippen LogP contribution in [0.3, 0.4) is 0 Å². The van der Waals surface area contributed by atoms with Gasteiger partial charge in [-0.25, -0.2) is 9.78 Å². The van der Waals surface area contributed by atoms with Crippen molar-refractivity contribution in [1.29, 1.82) is 0 Å². The molecule has 5 nitrogen and oxygen atoms in total. The minimum atomic E-state index is -0.937. The molecule has 3 heterocycles. The third kappa shape index (κ3) is 2.44. The number of fused-ring (bicyclic) bond motifs is 1. The molecule has 0 aliphatic carbocycles. The molecule has 112 valence electrons. The Morgan fingerprint density at radius 1 is 1.57 bits per heavy atom. The normalized spacial score (nSPS) is 22.7. The van der Waals surface area contributed by atoms with E-state index in [0.717, 1.165) is 29.3 Å². The molecular weight excluding hydrogens is 286 g/mol. The van der Waals surface area contributed by atoms with Gasteiger partial charge in [0.25, 0.3) is 0 Å². The van der Waals surface area contributed by atoms with Gasteiger partial charge in [0.1, 0.15) is 0 Å². The van der Waals surface area contributed by atoms with Crippen LogP contribution >= 0.6 is 11.3 Å². The van der Waals surface area contributed by atoms with E-state index in [2.05, 4.69) is 18.7 Å². The lowest BCUT2D eigenvalue weighted by Gasteiger charge is -2.28. The molecule has 1 aliphatic heterocycles. The molecule has 0 saturated carbocycles. The summed E-state index contributed by atoms with van der Waals surface area (Å²) in [5.74, 6) is -0.0242. The number of carboxylic acid groups (broad SMARTS) is 1. The Kier molecular flexibility index (Phi) is 3.71. The molecule has 1 aliphatic rings. The van der Waals surface area contributed by atoms with Gasteiger partial charge in [0, 0.05) is 29.7 Å². The number of nitrogens with zero attached hydrogens (tertiary/aromatic N) is 3. The van der Waals surface area contributed by atoms with E-state index in [1.165, 1.54) is 12.5 Å². The summed E-state index contributed by atoms with van der Waals surface area (Å²) in [4.78, 5) is 18.9. The molecule has 0 radical (unpaired) electrons. The Hall–Kier alpha value is -1.82. The van der Waals surface area contributed by atoms with Crippen LogP contribution in [0.5, 0.6) is 0 Å². The first-order valence-electron chi connectivity index (χ1n) is 7.26. The molecule has 6 heteroatoms. The van der Waals surface area contributed by atoms with Crippen molar-refractivity contribution in [3.8, 4) is 0 Å². The standard InChI is InChI=1S/C15H19N3O2S/c1-3-11-5-4-10(2)18(11)14-12(6-7-13(19)20)17-8-9-21-15(17)16-14/h6-11H,3-5H2,1-2H3,(H,19,20)/b7-6+. The third-order valence-electron chi connectivity index (χ3n) is 4.17. The van der Waals surface area contributed by atoms with Crippen LogP contribution in [0.15, 0.2) is 17.7 Å². The summed E-state index contributed by atoms with van der Waals surface area (Å²) in [5, 5.41) is 10.9. The number of carbonyl (C=O) groups is 1. The number of imidazole rings is 1. The van der Waals surface area contributed by atoms with E-state index in [9.17, 15) is 4.79 Å². The van der Waals surface area contributed by atoms with E-state index < -0.39 is 5.97 Å². The SMILES string of the molecule is CCC1CCC(C)N1c1nc2sccn2c1/C=C/C(=O)O. The van der Waals surface area contributed by atoms with Crippen LogP contribution in [-0.4, -0.2) is 32.5 Å². The number of anilines is 1. The van der Waals surface area contributed by atoms with Crippen LogP contribution in [-0.2, 0) is 4.79 Å². The van der Waals surface area contributed by atoms with Crippen LogP contribution in [0.4, 0.5) is 5.82 Å². The summed E-state index contributed by atoms with van der Waals surface area (Å²) < 4.78 is 1.97. The van der Waals surface area contributed by atoms with Crippen molar-refractivity contribution >= 4 is 34.2 Å². The minimum absolute atomic E-state index is 0.441. The second-order valence-corrected chi connectivity index (χ2v) is 6.32. The molecule has 1 N–H and O–H groups in total. The largest absolute Gasteiger partial charge is 0.478 e. The highest BCUT2D eigenvalue weighted by Gasteiger charge is 2.32. The molecule has 0 aromatic carbocycles. The molecule has 2 aromatic heterocycles. The topological polar surface area (TPSA) is 57.8 Å². The number of hydrogen-bond donors (Lipinski definition) is 1. The molecule has 0 bridgehead atoms. The first kappa shape index (κ1) is 14.1. The molecule has 2 atom stereocenters. The number of aromatic nitrogens is 2. The fraction of sp³-hybridized carbons (Fsp3) is 0.467. The van der Waals surface area contributed by atoms with Crippen molar-refractivity contribution in [3.05, 3.63) is 23.3 Å². The van der Waals surface area contributed by atoms with E-state index in [-0.39, 0.29) is 0 Å². The number of aliphatic carboxylic acids is 1. The van der Waals surface area contributed by atoms with Crippen LogP contribution in [0, 0.1) is 0 Å². The predicted octanol–water partition coefficient (Wildman–Crippen LogP) is 3.26. The molecule has 1 saturated heterocycles. The smallest absolute Gasteiger partial charge is 0.328 e. The summed E-state index contributed by atoms with van der Waals surface area (Å²) in [6.07, 6.45) is 8.20. The van der Waals surface area contributed by atoms with Gasteiger partial charge >= 0.3 is 5.97 Å². The van der Waals surface area contributed by atoms with Gasteiger partial charge in [-0.05, 0) is 32.3 Å². The fourth-order valence-corrected chi connectivity index (χ4v) is 3.86. The molecule has 0 spiro atoms. The molecule has 0 amide bonds. The Morgan fingerprint density at radius 2 is 2.38 bits per heavy atom. The second-order valence-electron chi connectivity index (χ2n) is 5.44. The minimum Gasteiger partial charge on any atom is -0.478 e. The van der Waals surface area contributed by atoms with Crippen molar-refractivity contribution in [3.63, 3.8) is 0 Å². The molecule has 1 fully saturated rings. The molecule has 3 rings (SSSR count). The fourth-order valence-electron chi connectivity index (χ4n) is 3.14. The average molecular weight is 305 g/mol. The molecule has 2 aromatic rings. The summed E-state index contributed by atoms with van der Waals surface area (Å²) in [7, 11) is 0. The number of rotatable bonds is 4. The molecule has 21 heavy (non-hydrogen) atoms. The number of thiazole rings is 1. The van der Waals surface area contributed by atoms with Gasteiger partial charge in [-0.3, -0.25) is 4.40 Å². The quantitative estimate of drug-likeness (QED) is 0.881. The first-order valence-corrected chi connectivity index (χ1v) is 8.14. The van der Waals surface area contributed by atoms with Gasteiger partial charge < -0.3 is 10.0 Å². The Bertz CT molecular complexity index is 688. The van der Waals surface area contributed by atoms with Crippen LogP contribution in [0.1, 0.15) is 38.8 Å². The van der Waals surface area contributed by atoms with Crippen molar-refractivity contribution in [1.82, 2.24) is 9.38 Å². The zero-order valence-corrected chi connectivity index (χ0v) is 13.0. The summed E-state index contributed by atoms with van der Waals surface area (Å²) in [6, 6.07) is 0.929. The lowest BCUT2D eigenvalue weighted by molar-refractivity contribution is -0.131. The average Bonchev–Trinajstić information content (AvgIpc) is 3.09. The second kappa shape index (κ2) is 5.52. The lowest BCUT2D eigenvalue weighted by atomic mass is 10.1. The van der Waals surface area contributed by atoms with Crippen LogP contribution in [0.2, 0.25) is 0 Å². The summed E-state index contributed by atoms with van der Waals surface area (Å²) >= 11 is 1.57. The first-order chi connectivity index (χ1) is 10.1. The van der Waals surface area contributed by atoms with Gasteiger partial charge in [-0.2, -0.15) is 0 Å². The van der Waals surface area contributed by atoms with Crippen molar-refractivity contribution in [2.45, 2.75) is 45.2 Å². The van der Waals surface area contributed by atoms with Crippen LogP contribution < -0.4 is 4.90 Å². The highest BCUT2D eigenvalue weighted by molar-refractivity contribution is 7.15. The monoisotopic (exact) mass is 305 g/mol. The zero-order chi connectivity index (χ0) is 15.0. The van der Waals surface area contributed by atoms with Crippen molar-refractivity contribution < 1.29 is 9.90 Å². The van der Waals surface area contributed by atoms with Gasteiger partial charge in [0.2, 0.25) is 0 Å². The Labute approximate surface area is 127 Å². The van der Waals surface area contributed by atoms with Gasteiger partial charge in [0.15, 0.2) is 10.8 Å². The van der Waals surface area contributed by atoms with Crippen molar-refractivity contribution in [2.24, 2.45) is 0 Å². The maximum absolute atomic E-state index is 10.9. The molecular formula is C15H19N3O2S. The van der Waals surface area contributed by atoms with Crippen molar-refractivity contribution in [2.75, 3.05) is 4.90 Å². The number of hydrogen-bond acceptors (Lipinski definition) is 4. The maximum atomic E-state index is 10.9. The van der Waals surface area contributed by atoms with E-state index >= 15 is 0 Å². The third-order valence-corrected chi connectivity index (χ3v) is 4.92. The van der Waals surface area contributed by atoms with Crippen LogP contribution in [0.25, 0.3) is 11.0 Å². The Morgan fingerprint density at radius 3 is 3.10 bits per heavy atom. The maximum Gasteiger partial charge on any atom is 0.328 e. The highest BCUT2D eigenvalue weighted by atomic mass is 32.1. The summed E-state index contributed by atoms with van der Waals surface area (Å²) in [5.41, 5.74) is 0.862. The van der Waals surface area contributed by atoms with E-state index in [1.807, 2.05) is 16.0 Å². The summed E-state index contributed by atoms with van der Waals surface area (Å²) in [6.45, 7) is 4.41. The number of carboxylic acids is 1. The van der Waals surface area contributed by atoms with Gasteiger partial charge in [-0.1, -0.05) is 6.92 Å². The highest BCUT2D eigenvalue weighted by Crippen LogP contribution is 2.35. The van der Waals surface area contributed by atoms with Gasteiger partial charge in [-0.15, -0.1) is 11.3 Å². The predicted molar refractivity (Wildman–Crippen MR) is 85.0 cm³/mol.